The molecule has 0 radical (unpaired) electrons. The van der Waals surface area contributed by atoms with Crippen LogP contribution in [0.1, 0.15) is 111 Å². The highest BCUT2D eigenvalue weighted by Crippen LogP contribution is 2.40. The van der Waals surface area contributed by atoms with Gasteiger partial charge in [0.25, 0.3) is 0 Å². The molecule has 0 N–H and O–H groups in total. The van der Waals surface area contributed by atoms with Crippen molar-refractivity contribution in [2.75, 3.05) is 7.11 Å². The van der Waals surface area contributed by atoms with Crippen LogP contribution in [0.3, 0.4) is 0 Å². The second kappa shape index (κ2) is 8.79. The summed E-state index contributed by atoms with van der Waals surface area (Å²) in [6.07, 6.45) is 0. The van der Waals surface area contributed by atoms with Crippen LogP contribution in [-0.2, 0) is 21.7 Å². The van der Waals surface area contributed by atoms with Crippen molar-refractivity contribution in [1.29, 1.82) is 0 Å². The Morgan fingerprint density at radius 1 is 0.531 bits per heavy atom. The summed E-state index contributed by atoms with van der Waals surface area (Å²) in [6.45, 7) is 30.0. The van der Waals surface area contributed by atoms with Crippen molar-refractivity contribution in [3.8, 4) is 5.75 Å². The van der Waals surface area contributed by atoms with Gasteiger partial charge >= 0.3 is 0 Å². The minimum Gasteiger partial charge on any atom is -0.496 e. The van der Waals surface area contributed by atoms with E-state index in [2.05, 4.69) is 114 Å². The lowest BCUT2D eigenvalue weighted by Gasteiger charge is -2.31. The van der Waals surface area contributed by atoms with Gasteiger partial charge in [0.2, 0.25) is 0 Å². The van der Waals surface area contributed by atoms with Crippen molar-refractivity contribution in [2.24, 2.45) is 0 Å². The topological polar surface area (TPSA) is 9.23 Å². The highest BCUT2D eigenvalue weighted by molar-refractivity contribution is 7.55. The fourth-order valence-electron chi connectivity index (χ4n) is 4.55. The van der Waals surface area contributed by atoms with Crippen molar-refractivity contribution in [3.05, 3.63) is 52.1 Å². The van der Waals surface area contributed by atoms with Gasteiger partial charge in [0.1, 0.15) is 5.75 Å². The van der Waals surface area contributed by atoms with Crippen LogP contribution in [0.4, 0.5) is 0 Å². The van der Waals surface area contributed by atoms with Gasteiger partial charge < -0.3 is 4.74 Å². The molecule has 0 aliphatic carbocycles. The fraction of sp³-hybridized carbons (Fsp3) is 0.600. The Bertz CT molecular complexity index is 900. The summed E-state index contributed by atoms with van der Waals surface area (Å²) >= 11 is 0. The maximum absolute atomic E-state index is 5.98. The molecule has 0 heterocycles. The number of rotatable bonds is 3. The van der Waals surface area contributed by atoms with E-state index in [-0.39, 0.29) is 21.7 Å². The summed E-state index contributed by atoms with van der Waals surface area (Å²) in [5.74, 6) is 1.05. The van der Waals surface area contributed by atoms with Gasteiger partial charge in [-0.25, -0.2) is 0 Å². The van der Waals surface area contributed by atoms with Crippen LogP contribution in [0.5, 0.6) is 5.75 Å². The van der Waals surface area contributed by atoms with E-state index in [1.54, 1.807) is 0 Å². The molecule has 0 aliphatic heterocycles. The van der Waals surface area contributed by atoms with E-state index < -0.39 is 0 Å². The summed E-state index contributed by atoms with van der Waals surface area (Å²) in [7, 11) is 2.43. The van der Waals surface area contributed by atoms with Crippen molar-refractivity contribution in [3.63, 3.8) is 0 Å². The molecule has 0 amide bonds. The zero-order valence-corrected chi connectivity index (χ0v) is 24.2. The Labute approximate surface area is 200 Å². The van der Waals surface area contributed by atoms with Crippen LogP contribution >= 0.6 is 8.58 Å². The molecule has 2 rings (SSSR count). The van der Waals surface area contributed by atoms with E-state index in [0.717, 1.165) is 5.75 Å². The molecule has 0 aliphatic rings. The average molecular weight is 455 g/mol. The molecule has 32 heavy (non-hydrogen) atoms. The zero-order valence-electron chi connectivity index (χ0n) is 23.2. The van der Waals surface area contributed by atoms with Gasteiger partial charge in [-0.2, -0.15) is 0 Å². The SMILES string of the molecule is COc1c(C(C)(C)C)cc(Pc2cc(C(C)(C)C)c(C)c(C(C)(C)C)c2)cc1C(C)(C)C. The second-order valence-corrected chi connectivity index (χ2v) is 14.8. The third kappa shape index (κ3) is 5.96. The Morgan fingerprint density at radius 3 is 1.06 bits per heavy atom. The molecule has 0 saturated carbocycles. The molecule has 0 saturated heterocycles. The van der Waals surface area contributed by atoms with Gasteiger partial charge in [-0.15, -0.1) is 0 Å². The van der Waals surface area contributed by atoms with Gasteiger partial charge in [0, 0.05) is 11.1 Å². The molecule has 0 aromatic heterocycles. The lowest BCUT2D eigenvalue weighted by molar-refractivity contribution is 0.382. The summed E-state index contributed by atoms with van der Waals surface area (Å²) < 4.78 is 5.98. The monoisotopic (exact) mass is 454 g/mol. The lowest BCUT2D eigenvalue weighted by atomic mass is 9.77. The normalized spacial score (nSPS) is 13.8. The van der Waals surface area contributed by atoms with E-state index in [0.29, 0.717) is 8.58 Å². The molecule has 178 valence electrons. The Kier molecular flexibility index (Phi) is 7.40. The number of benzene rings is 2. The molecule has 2 aromatic rings. The zero-order chi connectivity index (χ0) is 24.9. The van der Waals surface area contributed by atoms with Crippen LogP contribution in [0.15, 0.2) is 24.3 Å². The number of hydrogen-bond acceptors (Lipinski definition) is 1. The summed E-state index contributed by atoms with van der Waals surface area (Å²) in [5.41, 5.74) is 7.26. The molecule has 0 spiro atoms. The molecular weight excluding hydrogens is 407 g/mol. The second-order valence-electron chi connectivity index (χ2n) is 13.4. The Hall–Kier alpha value is -1.33. The van der Waals surface area contributed by atoms with E-state index in [9.17, 15) is 0 Å². The largest absolute Gasteiger partial charge is 0.496 e. The summed E-state index contributed by atoms with van der Waals surface area (Å²) in [6, 6.07) is 9.70. The van der Waals surface area contributed by atoms with Gasteiger partial charge in [-0.05, 0) is 68.0 Å². The molecule has 0 bridgehead atoms. The first-order valence-corrected chi connectivity index (χ1v) is 12.9. The van der Waals surface area contributed by atoms with Gasteiger partial charge in [-0.3, -0.25) is 0 Å². The van der Waals surface area contributed by atoms with Crippen molar-refractivity contribution < 1.29 is 4.74 Å². The Balaban J connectivity index is 2.77. The van der Waals surface area contributed by atoms with Crippen LogP contribution in [0, 0.1) is 6.92 Å². The van der Waals surface area contributed by atoms with E-state index >= 15 is 0 Å². The van der Waals surface area contributed by atoms with Gasteiger partial charge in [0.15, 0.2) is 0 Å². The standard InChI is InChI=1S/C30H47OP/c1-19-22(27(2,3)4)15-20(16-23(19)28(5,6)7)32-21-17-24(29(8,9)10)26(31-14)25(18-21)30(11,12)13/h15-18,32H,1-14H3. The molecule has 1 unspecified atom stereocenters. The maximum atomic E-state index is 5.98. The quantitative estimate of drug-likeness (QED) is 0.430. The molecule has 1 atom stereocenters. The number of ether oxygens (including phenoxy) is 1. The first-order chi connectivity index (χ1) is 14.3. The van der Waals surface area contributed by atoms with Crippen molar-refractivity contribution in [2.45, 2.75) is 112 Å². The Morgan fingerprint density at radius 2 is 0.812 bits per heavy atom. The minimum atomic E-state index is 0.0201. The third-order valence-electron chi connectivity index (χ3n) is 6.22. The minimum absolute atomic E-state index is 0.0201. The van der Waals surface area contributed by atoms with Crippen LogP contribution in [0.2, 0.25) is 0 Å². The number of methoxy groups -OCH3 is 1. The predicted octanol–water partition coefficient (Wildman–Crippen LogP) is 7.82. The smallest absolute Gasteiger partial charge is 0.126 e. The van der Waals surface area contributed by atoms with E-state index in [4.69, 9.17) is 4.74 Å². The molecule has 2 aromatic carbocycles. The predicted molar refractivity (Wildman–Crippen MR) is 147 cm³/mol. The molecule has 2 heteroatoms. The van der Waals surface area contributed by atoms with Gasteiger partial charge in [-0.1, -0.05) is 104 Å². The van der Waals surface area contributed by atoms with Crippen molar-refractivity contribution >= 4 is 19.2 Å². The molecular formula is C30H47OP. The van der Waals surface area contributed by atoms with Crippen LogP contribution in [0.25, 0.3) is 0 Å². The maximum Gasteiger partial charge on any atom is 0.126 e. The summed E-state index contributed by atoms with van der Waals surface area (Å²) in [4.78, 5) is 0. The van der Waals surface area contributed by atoms with E-state index in [1.807, 2.05) is 7.11 Å². The van der Waals surface area contributed by atoms with Crippen LogP contribution in [-0.4, -0.2) is 7.11 Å². The molecule has 0 fully saturated rings. The highest BCUT2D eigenvalue weighted by Gasteiger charge is 2.28. The lowest BCUT2D eigenvalue weighted by Crippen LogP contribution is -2.24. The van der Waals surface area contributed by atoms with Crippen molar-refractivity contribution in [1.82, 2.24) is 0 Å². The van der Waals surface area contributed by atoms with E-state index in [1.165, 1.54) is 38.4 Å². The highest BCUT2D eigenvalue weighted by atomic mass is 31.1. The fourth-order valence-corrected chi connectivity index (χ4v) is 5.75. The first kappa shape index (κ1) is 26.9. The van der Waals surface area contributed by atoms with Gasteiger partial charge in [0.05, 0.1) is 7.11 Å². The summed E-state index contributed by atoms with van der Waals surface area (Å²) in [5, 5.41) is 2.82. The third-order valence-corrected chi connectivity index (χ3v) is 7.38. The molecule has 1 nitrogen and oxygen atoms in total. The first-order valence-electron chi connectivity index (χ1n) is 11.9. The number of hydrogen-bond donors (Lipinski definition) is 0. The van der Waals surface area contributed by atoms with Crippen LogP contribution < -0.4 is 15.3 Å². The average Bonchev–Trinajstić information content (AvgIpc) is 2.58.